The summed E-state index contributed by atoms with van der Waals surface area (Å²) in [5, 5.41) is 17.5. The molecule has 2 N–H and O–H groups in total. The Bertz CT molecular complexity index is 1090. The van der Waals surface area contributed by atoms with Crippen LogP contribution in [0.2, 0.25) is 12.6 Å². The zero-order valence-corrected chi connectivity index (χ0v) is 19.0. The standard InChI is InChI=1S/C14H19BN2.C13H12N2O/c16-12-15-8-6-14(7-9-15)11-17-10-13-4-2-1-3-5-13;16-13(9-1-2-9)15-12-4-3-11-8-14-6-5-10(11)7-12/h1-5,14,17H,6-11H2;3-9H,1-2H2,(H,15,16). The van der Waals surface area contributed by atoms with Gasteiger partial charge in [-0.05, 0) is 54.5 Å². The number of hydrogen-bond acceptors (Lipinski definition) is 4. The Morgan fingerprint density at radius 3 is 2.55 bits per heavy atom. The third-order valence-electron chi connectivity index (χ3n) is 6.49. The first kappa shape index (κ1) is 23.0. The fourth-order valence-electron chi connectivity index (χ4n) is 4.26. The Morgan fingerprint density at radius 2 is 1.82 bits per heavy atom. The van der Waals surface area contributed by atoms with Gasteiger partial charge in [0.05, 0.1) is 0 Å². The van der Waals surface area contributed by atoms with E-state index in [1.165, 1.54) is 18.4 Å². The van der Waals surface area contributed by atoms with Crippen LogP contribution >= 0.6 is 0 Å². The molecule has 0 unspecified atom stereocenters. The summed E-state index contributed by atoms with van der Waals surface area (Å²) in [5.74, 6) is 3.54. The number of fused-ring (bicyclic) bond motifs is 1. The van der Waals surface area contributed by atoms with Gasteiger partial charge in [0.15, 0.2) is 0 Å². The van der Waals surface area contributed by atoms with Gasteiger partial charge in [-0.2, -0.15) is 0 Å². The average molecular weight is 438 g/mol. The second-order valence-electron chi connectivity index (χ2n) is 9.16. The number of anilines is 1. The van der Waals surface area contributed by atoms with Crippen molar-refractivity contribution in [2.45, 2.75) is 44.9 Å². The molecule has 1 aromatic heterocycles. The zero-order chi connectivity index (χ0) is 22.9. The van der Waals surface area contributed by atoms with Gasteiger partial charge in [0.2, 0.25) is 5.91 Å². The van der Waals surface area contributed by atoms with E-state index < -0.39 is 0 Å². The molecule has 1 amide bonds. The maximum atomic E-state index is 11.6. The summed E-state index contributed by atoms with van der Waals surface area (Å²) >= 11 is 0. The molecule has 33 heavy (non-hydrogen) atoms. The van der Waals surface area contributed by atoms with Gasteiger partial charge in [-0.3, -0.25) is 9.78 Å². The average Bonchev–Trinajstić information content (AvgIpc) is 3.71. The second-order valence-corrected chi connectivity index (χ2v) is 9.16. The molecule has 1 aliphatic carbocycles. The molecular formula is C27H31BN4O. The highest BCUT2D eigenvalue weighted by atomic mass is 16.2. The van der Waals surface area contributed by atoms with E-state index in [4.69, 9.17) is 5.26 Å². The van der Waals surface area contributed by atoms with Gasteiger partial charge in [-0.25, -0.2) is 5.26 Å². The number of aromatic nitrogens is 1. The van der Waals surface area contributed by atoms with Crippen LogP contribution in [-0.4, -0.2) is 24.1 Å². The summed E-state index contributed by atoms with van der Waals surface area (Å²) in [5.41, 5.74) is 2.22. The summed E-state index contributed by atoms with van der Waals surface area (Å²) < 4.78 is 0. The molecule has 2 aliphatic rings. The lowest BCUT2D eigenvalue weighted by Crippen LogP contribution is -2.28. The van der Waals surface area contributed by atoms with Crippen LogP contribution < -0.4 is 10.6 Å². The van der Waals surface area contributed by atoms with Crippen LogP contribution in [0.25, 0.3) is 10.8 Å². The number of nitriles is 1. The van der Waals surface area contributed by atoms with E-state index in [1.807, 2.05) is 36.5 Å². The molecule has 5 nitrogen and oxygen atoms in total. The Morgan fingerprint density at radius 1 is 1.03 bits per heavy atom. The van der Waals surface area contributed by atoms with Gasteiger partial charge in [0.25, 0.3) is 6.71 Å². The number of nitrogens with zero attached hydrogens (tertiary/aromatic N) is 2. The lowest BCUT2D eigenvalue weighted by molar-refractivity contribution is -0.117. The summed E-state index contributed by atoms with van der Waals surface area (Å²) in [7, 11) is 0. The van der Waals surface area contributed by atoms with Crippen molar-refractivity contribution in [3.63, 3.8) is 0 Å². The summed E-state index contributed by atoms with van der Waals surface area (Å²) in [6.07, 6.45) is 10.2. The number of pyridine rings is 1. The monoisotopic (exact) mass is 438 g/mol. The molecule has 0 bridgehead atoms. The molecule has 1 aliphatic heterocycles. The van der Waals surface area contributed by atoms with E-state index in [9.17, 15) is 4.79 Å². The molecule has 0 radical (unpaired) electrons. The molecule has 6 heteroatoms. The van der Waals surface area contributed by atoms with Gasteiger partial charge in [-0.1, -0.05) is 61.9 Å². The summed E-state index contributed by atoms with van der Waals surface area (Å²) in [6.45, 7) is 2.37. The highest BCUT2D eigenvalue weighted by Crippen LogP contribution is 2.30. The number of amides is 1. The Labute approximate surface area is 196 Å². The van der Waals surface area contributed by atoms with Crippen molar-refractivity contribution in [1.29, 1.82) is 5.26 Å². The van der Waals surface area contributed by atoms with E-state index in [0.29, 0.717) is 6.71 Å². The van der Waals surface area contributed by atoms with Crippen LogP contribution in [0.1, 0.15) is 31.2 Å². The van der Waals surface area contributed by atoms with Crippen LogP contribution in [0, 0.1) is 23.1 Å². The smallest absolute Gasteiger partial charge is 0.267 e. The van der Waals surface area contributed by atoms with E-state index in [0.717, 1.165) is 60.9 Å². The Balaban J connectivity index is 0.000000157. The third kappa shape index (κ3) is 7.16. The van der Waals surface area contributed by atoms with Crippen LogP contribution in [0.3, 0.4) is 0 Å². The number of rotatable bonds is 6. The molecule has 5 rings (SSSR count). The van der Waals surface area contributed by atoms with Crippen LogP contribution in [0.15, 0.2) is 67.0 Å². The minimum atomic E-state index is 0.147. The summed E-state index contributed by atoms with van der Waals surface area (Å²) in [4.78, 5) is 15.6. The Kier molecular flexibility index (Phi) is 8.11. The second kappa shape index (κ2) is 11.6. The highest BCUT2D eigenvalue weighted by molar-refractivity contribution is 6.67. The molecule has 2 fully saturated rings. The van der Waals surface area contributed by atoms with Crippen molar-refractivity contribution in [3.05, 3.63) is 72.6 Å². The quantitative estimate of drug-likeness (QED) is 0.510. The predicted molar refractivity (Wildman–Crippen MR) is 135 cm³/mol. The van der Waals surface area contributed by atoms with Gasteiger partial charge < -0.3 is 10.6 Å². The molecule has 0 atom stereocenters. The minimum Gasteiger partial charge on any atom is -0.326 e. The molecule has 168 valence electrons. The molecule has 1 saturated heterocycles. The molecular weight excluding hydrogens is 407 g/mol. The summed E-state index contributed by atoms with van der Waals surface area (Å²) in [6, 6.07) is 18.3. The minimum absolute atomic E-state index is 0.147. The van der Waals surface area contributed by atoms with E-state index in [1.54, 1.807) is 6.20 Å². The van der Waals surface area contributed by atoms with E-state index in [-0.39, 0.29) is 11.8 Å². The normalized spacial score (nSPS) is 15.9. The van der Waals surface area contributed by atoms with Crippen LogP contribution in [0.4, 0.5) is 5.69 Å². The van der Waals surface area contributed by atoms with Crippen molar-refractivity contribution in [2.24, 2.45) is 11.8 Å². The van der Waals surface area contributed by atoms with Gasteiger partial charge in [-0.15, -0.1) is 0 Å². The molecule has 1 saturated carbocycles. The van der Waals surface area contributed by atoms with Crippen molar-refractivity contribution < 1.29 is 4.79 Å². The molecule has 2 aromatic carbocycles. The Hall–Kier alpha value is -3.17. The number of carbonyl (C=O) groups is 1. The number of carbonyl (C=O) groups excluding carboxylic acids is 1. The first-order valence-electron chi connectivity index (χ1n) is 12.0. The fraction of sp³-hybridized carbons (Fsp3) is 0.370. The number of hydrogen-bond donors (Lipinski definition) is 2. The zero-order valence-electron chi connectivity index (χ0n) is 19.0. The van der Waals surface area contributed by atoms with Crippen molar-refractivity contribution in [1.82, 2.24) is 10.3 Å². The highest BCUT2D eigenvalue weighted by Gasteiger charge is 2.29. The predicted octanol–water partition coefficient (Wildman–Crippen LogP) is 5.33. The lowest BCUT2D eigenvalue weighted by Gasteiger charge is -2.23. The third-order valence-corrected chi connectivity index (χ3v) is 6.49. The number of benzene rings is 2. The van der Waals surface area contributed by atoms with E-state index >= 15 is 0 Å². The van der Waals surface area contributed by atoms with Gasteiger partial charge in [0.1, 0.15) is 0 Å². The van der Waals surface area contributed by atoms with Gasteiger partial charge >= 0.3 is 0 Å². The first-order valence-corrected chi connectivity index (χ1v) is 12.0. The maximum Gasteiger partial charge on any atom is 0.267 e. The van der Waals surface area contributed by atoms with Crippen molar-refractivity contribution in [2.75, 3.05) is 11.9 Å². The van der Waals surface area contributed by atoms with Crippen LogP contribution in [-0.2, 0) is 11.3 Å². The lowest BCUT2D eigenvalue weighted by atomic mass is 9.42. The fourth-order valence-corrected chi connectivity index (χ4v) is 4.26. The first-order chi connectivity index (χ1) is 16.2. The van der Waals surface area contributed by atoms with E-state index in [2.05, 4.69) is 45.9 Å². The van der Waals surface area contributed by atoms with Crippen LogP contribution in [0.5, 0.6) is 0 Å². The largest absolute Gasteiger partial charge is 0.326 e. The van der Waals surface area contributed by atoms with Gasteiger partial charge in [0, 0.05) is 41.9 Å². The van der Waals surface area contributed by atoms with Crippen molar-refractivity contribution in [3.8, 4) is 5.97 Å². The number of nitrogens with one attached hydrogen (secondary N) is 2. The molecule has 0 spiro atoms. The molecule has 2 heterocycles. The molecule has 3 aromatic rings. The van der Waals surface area contributed by atoms with Crippen molar-refractivity contribution >= 4 is 29.1 Å². The topological polar surface area (TPSA) is 77.8 Å². The maximum absolute atomic E-state index is 11.6. The SMILES string of the molecule is N#CB1CCC(CNCc2ccccc2)CC1.O=C(Nc1ccc2cnccc2c1)C1CC1.